The predicted octanol–water partition coefficient (Wildman–Crippen LogP) is 4.85. The van der Waals surface area contributed by atoms with E-state index in [4.69, 9.17) is 0 Å². The number of benzene rings is 2. The Kier molecular flexibility index (Phi) is 6.30. The molecule has 29 heavy (non-hydrogen) atoms. The Bertz CT molecular complexity index is 981. The highest BCUT2D eigenvalue weighted by Gasteiger charge is 2.16. The smallest absolute Gasteiger partial charge is 0.234 e. The summed E-state index contributed by atoms with van der Waals surface area (Å²) in [5.41, 5.74) is 4.35. The zero-order chi connectivity index (χ0) is 20.1. The number of amides is 1. The molecule has 0 unspecified atom stereocenters. The minimum atomic E-state index is 0.0201. The number of aromatic nitrogens is 3. The molecule has 1 aliphatic heterocycles. The highest BCUT2D eigenvalue weighted by molar-refractivity contribution is 7.99. The minimum absolute atomic E-state index is 0.0201. The number of anilines is 1. The van der Waals surface area contributed by atoms with Crippen LogP contribution in [0.25, 0.3) is 11.4 Å². The van der Waals surface area contributed by atoms with E-state index in [0.29, 0.717) is 5.75 Å². The van der Waals surface area contributed by atoms with Crippen molar-refractivity contribution in [2.45, 2.75) is 44.9 Å². The third kappa shape index (κ3) is 5.07. The predicted molar refractivity (Wildman–Crippen MR) is 119 cm³/mol. The zero-order valence-corrected chi connectivity index (χ0v) is 17.5. The summed E-state index contributed by atoms with van der Waals surface area (Å²) in [6.45, 7) is 3.07. The summed E-state index contributed by atoms with van der Waals surface area (Å²) in [5, 5.41) is 11.7. The lowest BCUT2D eigenvalue weighted by Gasteiger charge is -2.09. The van der Waals surface area contributed by atoms with Crippen LogP contribution in [0.1, 0.15) is 36.2 Å². The molecule has 4 rings (SSSR count). The van der Waals surface area contributed by atoms with Gasteiger partial charge in [-0.05, 0) is 49.6 Å². The van der Waals surface area contributed by atoms with Crippen LogP contribution in [0.3, 0.4) is 0 Å². The van der Waals surface area contributed by atoms with Crippen molar-refractivity contribution in [3.8, 4) is 11.4 Å². The van der Waals surface area contributed by atoms with Gasteiger partial charge < -0.3 is 9.88 Å². The molecule has 0 saturated carbocycles. The lowest BCUT2D eigenvalue weighted by molar-refractivity contribution is -0.113. The molecule has 5 nitrogen and oxygen atoms in total. The third-order valence-electron chi connectivity index (χ3n) is 5.12. The second kappa shape index (κ2) is 9.27. The van der Waals surface area contributed by atoms with Crippen LogP contribution in [0, 0.1) is 6.92 Å². The molecule has 0 spiro atoms. The van der Waals surface area contributed by atoms with Gasteiger partial charge in [0.05, 0.1) is 5.75 Å². The Morgan fingerprint density at radius 3 is 2.79 bits per heavy atom. The lowest BCUT2D eigenvalue weighted by Crippen LogP contribution is -2.14. The normalized spacial score (nSPS) is 13.6. The first kappa shape index (κ1) is 19.7. The number of nitrogens with one attached hydrogen (secondary N) is 1. The number of thioether (sulfide) groups is 1. The molecule has 1 amide bonds. The number of carbonyl (C=O) groups excluding carboxylic acids is 1. The van der Waals surface area contributed by atoms with Gasteiger partial charge in [0.25, 0.3) is 0 Å². The molecule has 1 aliphatic rings. The molecule has 0 bridgehead atoms. The molecule has 2 heterocycles. The van der Waals surface area contributed by atoms with E-state index in [2.05, 4.69) is 51.3 Å². The number of rotatable bonds is 6. The number of fused-ring (bicyclic) bond motifs is 1. The minimum Gasteiger partial charge on any atom is -0.325 e. The maximum atomic E-state index is 12.3. The molecule has 150 valence electrons. The number of hydrogen-bond donors (Lipinski definition) is 1. The van der Waals surface area contributed by atoms with E-state index in [9.17, 15) is 4.79 Å². The maximum Gasteiger partial charge on any atom is 0.234 e. The fourth-order valence-electron chi connectivity index (χ4n) is 3.66. The lowest BCUT2D eigenvalue weighted by atomic mass is 10.2. The van der Waals surface area contributed by atoms with Crippen molar-refractivity contribution in [1.82, 2.24) is 14.8 Å². The molecule has 0 fully saturated rings. The van der Waals surface area contributed by atoms with E-state index in [0.717, 1.165) is 41.6 Å². The first-order valence-electron chi connectivity index (χ1n) is 10.1. The Hall–Kier alpha value is -2.60. The first-order valence-corrected chi connectivity index (χ1v) is 11.3. The summed E-state index contributed by atoms with van der Waals surface area (Å²) >= 11 is 1.63. The van der Waals surface area contributed by atoms with Crippen LogP contribution in [0.4, 0.5) is 5.69 Å². The van der Waals surface area contributed by atoms with Crippen molar-refractivity contribution >= 4 is 23.4 Å². The van der Waals surface area contributed by atoms with E-state index in [1.807, 2.05) is 24.3 Å². The van der Waals surface area contributed by atoms with E-state index < -0.39 is 0 Å². The largest absolute Gasteiger partial charge is 0.325 e. The van der Waals surface area contributed by atoms with Gasteiger partial charge in [-0.2, -0.15) is 0 Å². The molecule has 2 aromatic carbocycles. The van der Waals surface area contributed by atoms with Gasteiger partial charge in [0.15, 0.2) is 5.82 Å². The Morgan fingerprint density at radius 2 is 1.97 bits per heavy atom. The summed E-state index contributed by atoms with van der Waals surface area (Å²) in [7, 11) is 0. The van der Waals surface area contributed by atoms with Gasteiger partial charge >= 0.3 is 0 Å². The quantitative estimate of drug-likeness (QED) is 0.636. The van der Waals surface area contributed by atoms with E-state index in [-0.39, 0.29) is 5.91 Å². The fourth-order valence-corrected chi connectivity index (χ4v) is 4.44. The second-order valence-corrected chi connectivity index (χ2v) is 8.50. The highest BCUT2D eigenvalue weighted by atomic mass is 32.2. The standard InChI is InChI=1S/C23H26N4OS/c1-17-6-5-7-18(14-17)15-29-16-22(28)24-20-11-9-19(10-12-20)23-26-25-21-8-3-2-4-13-27(21)23/h5-7,9-12,14H,2-4,8,13,15-16H2,1H3,(H,24,28). The molecule has 0 radical (unpaired) electrons. The number of aryl methyl sites for hydroxylation is 2. The molecule has 0 saturated heterocycles. The molecular formula is C23H26N4OS. The number of nitrogens with zero attached hydrogens (tertiary/aromatic N) is 3. The number of hydrogen-bond acceptors (Lipinski definition) is 4. The molecular weight excluding hydrogens is 380 g/mol. The molecule has 0 atom stereocenters. The van der Waals surface area contributed by atoms with Crippen LogP contribution in [-0.4, -0.2) is 26.4 Å². The van der Waals surface area contributed by atoms with Gasteiger partial charge in [-0.15, -0.1) is 22.0 Å². The first-order chi connectivity index (χ1) is 14.2. The van der Waals surface area contributed by atoms with Gasteiger partial charge in [-0.1, -0.05) is 36.2 Å². The van der Waals surface area contributed by atoms with Crippen LogP contribution < -0.4 is 5.32 Å². The van der Waals surface area contributed by atoms with Gasteiger partial charge in [0, 0.05) is 30.0 Å². The Balaban J connectivity index is 1.32. The van der Waals surface area contributed by atoms with E-state index in [1.165, 1.54) is 30.4 Å². The number of carbonyl (C=O) groups is 1. The van der Waals surface area contributed by atoms with Gasteiger partial charge in [0.1, 0.15) is 5.82 Å². The van der Waals surface area contributed by atoms with Crippen LogP contribution >= 0.6 is 11.8 Å². The molecule has 6 heteroatoms. The summed E-state index contributed by atoms with van der Waals surface area (Å²) in [6, 6.07) is 16.3. The van der Waals surface area contributed by atoms with Crippen molar-refractivity contribution in [3.05, 3.63) is 65.5 Å². The average Bonchev–Trinajstić information content (AvgIpc) is 2.97. The van der Waals surface area contributed by atoms with Crippen LogP contribution in [-0.2, 0) is 23.5 Å². The van der Waals surface area contributed by atoms with Crippen molar-refractivity contribution in [2.75, 3.05) is 11.1 Å². The van der Waals surface area contributed by atoms with Crippen molar-refractivity contribution < 1.29 is 4.79 Å². The average molecular weight is 407 g/mol. The fraction of sp³-hybridized carbons (Fsp3) is 0.348. The summed E-state index contributed by atoms with van der Waals surface area (Å²) in [5.74, 6) is 3.31. The van der Waals surface area contributed by atoms with Crippen molar-refractivity contribution in [3.63, 3.8) is 0 Å². The van der Waals surface area contributed by atoms with Crippen LogP contribution in [0.2, 0.25) is 0 Å². The summed E-state index contributed by atoms with van der Waals surface area (Å²) < 4.78 is 2.24. The van der Waals surface area contributed by atoms with E-state index in [1.54, 1.807) is 11.8 Å². The SMILES string of the molecule is Cc1cccc(CSCC(=O)Nc2ccc(-c3nnc4n3CCCCC4)cc2)c1. The molecule has 0 aliphatic carbocycles. The van der Waals surface area contributed by atoms with Gasteiger partial charge in [-0.25, -0.2) is 0 Å². The monoisotopic (exact) mass is 406 g/mol. The van der Waals surface area contributed by atoms with Crippen molar-refractivity contribution in [2.24, 2.45) is 0 Å². The molecule has 3 aromatic rings. The topological polar surface area (TPSA) is 59.8 Å². The van der Waals surface area contributed by atoms with Gasteiger partial charge in [-0.3, -0.25) is 4.79 Å². The van der Waals surface area contributed by atoms with E-state index >= 15 is 0 Å². The maximum absolute atomic E-state index is 12.3. The Labute approximate surface area is 175 Å². The summed E-state index contributed by atoms with van der Waals surface area (Å²) in [4.78, 5) is 12.3. The van der Waals surface area contributed by atoms with Crippen LogP contribution in [0.5, 0.6) is 0 Å². The van der Waals surface area contributed by atoms with Gasteiger partial charge in [0.2, 0.25) is 5.91 Å². The second-order valence-electron chi connectivity index (χ2n) is 7.51. The molecule has 1 aromatic heterocycles. The third-order valence-corrected chi connectivity index (χ3v) is 6.12. The zero-order valence-electron chi connectivity index (χ0n) is 16.7. The molecule has 1 N–H and O–H groups in total. The van der Waals surface area contributed by atoms with Crippen molar-refractivity contribution in [1.29, 1.82) is 0 Å². The van der Waals surface area contributed by atoms with Crippen LogP contribution in [0.15, 0.2) is 48.5 Å². The summed E-state index contributed by atoms with van der Waals surface area (Å²) in [6.07, 6.45) is 4.61. The highest BCUT2D eigenvalue weighted by Crippen LogP contribution is 2.24. The Morgan fingerprint density at radius 1 is 1.10 bits per heavy atom.